The molecule has 0 aromatic heterocycles. The number of nitrogens with one attached hydrogen (secondary N) is 1. The normalized spacial score (nSPS) is 28.4. The van der Waals surface area contributed by atoms with Crippen molar-refractivity contribution in [2.24, 2.45) is 0 Å². The first-order valence-electron chi connectivity index (χ1n) is 7.28. The fourth-order valence-electron chi connectivity index (χ4n) is 2.81. The van der Waals surface area contributed by atoms with Gasteiger partial charge in [-0.15, -0.1) is 0 Å². The predicted octanol–water partition coefficient (Wildman–Crippen LogP) is 4.99. The van der Waals surface area contributed by atoms with Gasteiger partial charge >= 0.3 is 0 Å². The first-order chi connectivity index (χ1) is 9.43. The van der Waals surface area contributed by atoms with Crippen molar-refractivity contribution in [3.63, 3.8) is 0 Å². The number of hydrogen-bond donors (Lipinski definition) is 1. The van der Waals surface area contributed by atoms with E-state index in [0.717, 1.165) is 36.5 Å². The van der Waals surface area contributed by atoms with Crippen LogP contribution in [-0.2, 0) is 4.74 Å². The molecular formula is C16H23Cl2NO. The van der Waals surface area contributed by atoms with E-state index in [1.54, 1.807) is 6.07 Å². The summed E-state index contributed by atoms with van der Waals surface area (Å²) in [6, 6.07) is 6.37. The SMILES string of the molecule is CCC1(C)CC(NC(C)c2ccc(Cl)cc2Cl)CCO1. The lowest BCUT2D eigenvalue weighted by molar-refractivity contribution is -0.0789. The van der Waals surface area contributed by atoms with Crippen LogP contribution in [-0.4, -0.2) is 18.2 Å². The van der Waals surface area contributed by atoms with Crippen molar-refractivity contribution >= 4 is 23.2 Å². The van der Waals surface area contributed by atoms with Crippen LogP contribution in [0.2, 0.25) is 10.0 Å². The summed E-state index contributed by atoms with van der Waals surface area (Å²) in [6.45, 7) is 7.35. The molecule has 2 rings (SSSR count). The van der Waals surface area contributed by atoms with Gasteiger partial charge in [0.2, 0.25) is 0 Å². The van der Waals surface area contributed by atoms with E-state index in [0.29, 0.717) is 11.1 Å². The van der Waals surface area contributed by atoms with E-state index in [1.165, 1.54) is 0 Å². The average molecular weight is 316 g/mol. The van der Waals surface area contributed by atoms with Gasteiger partial charge in [-0.3, -0.25) is 0 Å². The van der Waals surface area contributed by atoms with E-state index >= 15 is 0 Å². The standard InChI is InChI=1S/C16H23Cl2NO/c1-4-16(3)10-13(7-8-20-16)19-11(2)14-6-5-12(17)9-15(14)18/h5-6,9,11,13,19H,4,7-8,10H2,1-3H3. The number of rotatable bonds is 4. The van der Waals surface area contributed by atoms with Crippen molar-refractivity contribution < 1.29 is 4.74 Å². The van der Waals surface area contributed by atoms with E-state index < -0.39 is 0 Å². The van der Waals surface area contributed by atoms with E-state index in [1.807, 2.05) is 12.1 Å². The summed E-state index contributed by atoms with van der Waals surface area (Å²) in [6.07, 6.45) is 3.13. The highest BCUT2D eigenvalue weighted by molar-refractivity contribution is 6.35. The van der Waals surface area contributed by atoms with Crippen LogP contribution in [0.4, 0.5) is 0 Å². The molecule has 1 N–H and O–H groups in total. The van der Waals surface area contributed by atoms with Gasteiger partial charge in [0.05, 0.1) is 5.60 Å². The molecule has 1 aliphatic rings. The van der Waals surface area contributed by atoms with Crippen molar-refractivity contribution in [1.29, 1.82) is 0 Å². The zero-order valence-electron chi connectivity index (χ0n) is 12.4. The van der Waals surface area contributed by atoms with E-state index in [-0.39, 0.29) is 11.6 Å². The van der Waals surface area contributed by atoms with Gasteiger partial charge in [-0.2, -0.15) is 0 Å². The van der Waals surface area contributed by atoms with Crippen LogP contribution in [0.3, 0.4) is 0 Å². The average Bonchev–Trinajstić information content (AvgIpc) is 2.38. The Labute approximate surface area is 131 Å². The second kappa shape index (κ2) is 6.65. The van der Waals surface area contributed by atoms with E-state index in [2.05, 4.69) is 26.1 Å². The summed E-state index contributed by atoms with van der Waals surface area (Å²) in [4.78, 5) is 0. The highest BCUT2D eigenvalue weighted by Crippen LogP contribution is 2.31. The van der Waals surface area contributed by atoms with Crippen LogP contribution in [0, 0.1) is 0 Å². The van der Waals surface area contributed by atoms with Crippen LogP contribution < -0.4 is 5.32 Å². The molecule has 1 fully saturated rings. The van der Waals surface area contributed by atoms with Crippen molar-refractivity contribution in [3.8, 4) is 0 Å². The van der Waals surface area contributed by atoms with Crippen molar-refractivity contribution in [2.45, 2.75) is 57.7 Å². The molecule has 0 saturated carbocycles. The molecule has 1 saturated heterocycles. The molecule has 1 heterocycles. The Morgan fingerprint density at radius 1 is 1.45 bits per heavy atom. The molecule has 112 valence electrons. The maximum Gasteiger partial charge on any atom is 0.0666 e. The molecule has 3 atom stereocenters. The van der Waals surface area contributed by atoms with Crippen molar-refractivity contribution in [3.05, 3.63) is 33.8 Å². The maximum absolute atomic E-state index is 6.28. The molecule has 0 bridgehead atoms. The molecule has 4 heteroatoms. The third kappa shape index (κ3) is 3.88. The Balaban J connectivity index is 2.02. The van der Waals surface area contributed by atoms with Crippen molar-refractivity contribution in [2.75, 3.05) is 6.61 Å². The third-order valence-corrected chi connectivity index (χ3v) is 4.82. The van der Waals surface area contributed by atoms with E-state index in [4.69, 9.17) is 27.9 Å². The van der Waals surface area contributed by atoms with Crippen LogP contribution >= 0.6 is 23.2 Å². The van der Waals surface area contributed by atoms with Gasteiger partial charge in [0.15, 0.2) is 0 Å². The Morgan fingerprint density at radius 3 is 2.85 bits per heavy atom. The van der Waals surface area contributed by atoms with Crippen LogP contribution in [0.1, 0.15) is 51.6 Å². The fraction of sp³-hybridized carbons (Fsp3) is 0.625. The molecular weight excluding hydrogens is 293 g/mol. The first kappa shape index (κ1) is 16.1. The Hall–Kier alpha value is -0.280. The summed E-state index contributed by atoms with van der Waals surface area (Å²) in [5.74, 6) is 0. The Morgan fingerprint density at radius 2 is 2.20 bits per heavy atom. The molecule has 0 amide bonds. The third-order valence-electron chi connectivity index (χ3n) is 4.26. The highest BCUT2D eigenvalue weighted by atomic mass is 35.5. The minimum absolute atomic E-state index is 0.000568. The predicted molar refractivity (Wildman–Crippen MR) is 85.7 cm³/mol. The quantitative estimate of drug-likeness (QED) is 0.845. The first-order valence-corrected chi connectivity index (χ1v) is 8.04. The second-order valence-corrected chi connectivity index (χ2v) is 6.74. The Bertz CT molecular complexity index is 466. The molecule has 1 aromatic carbocycles. The highest BCUT2D eigenvalue weighted by Gasteiger charge is 2.32. The summed E-state index contributed by atoms with van der Waals surface area (Å²) in [7, 11) is 0. The maximum atomic E-state index is 6.28. The number of halogens is 2. The molecule has 0 aliphatic carbocycles. The Kier molecular flexibility index (Phi) is 5.36. The second-order valence-electron chi connectivity index (χ2n) is 5.90. The van der Waals surface area contributed by atoms with Gasteiger partial charge in [0.25, 0.3) is 0 Å². The lowest BCUT2D eigenvalue weighted by atomic mass is 9.89. The number of hydrogen-bond acceptors (Lipinski definition) is 2. The van der Waals surface area contributed by atoms with Crippen molar-refractivity contribution in [1.82, 2.24) is 5.32 Å². The minimum Gasteiger partial charge on any atom is -0.375 e. The zero-order valence-corrected chi connectivity index (χ0v) is 13.9. The molecule has 20 heavy (non-hydrogen) atoms. The monoisotopic (exact) mass is 315 g/mol. The molecule has 1 aromatic rings. The summed E-state index contributed by atoms with van der Waals surface area (Å²) in [5, 5.41) is 5.08. The largest absolute Gasteiger partial charge is 0.375 e. The van der Waals surface area contributed by atoms with Gasteiger partial charge in [0.1, 0.15) is 0 Å². The van der Waals surface area contributed by atoms with Crippen LogP contribution in [0.5, 0.6) is 0 Å². The molecule has 1 aliphatic heterocycles. The lowest BCUT2D eigenvalue weighted by Crippen LogP contribution is -2.45. The van der Waals surface area contributed by atoms with Gasteiger partial charge in [-0.05, 0) is 50.8 Å². The zero-order chi connectivity index (χ0) is 14.8. The van der Waals surface area contributed by atoms with E-state index in [9.17, 15) is 0 Å². The molecule has 0 radical (unpaired) electrons. The summed E-state index contributed by atoms with van der Waals surface area (Å²) >= 11 is 12.2. The molecule has 2 nitrogen and oxygen atoms in total. The molecule has 0 spiro atoms. The van der Waals surface area contributed by atoms with Crippen LogP contribution in [0.15, 0.2) is 18.2 Å². The van der Waals surface area contributed by atoms with Gasteiger partial charge in [-0.1, -0.05) is 36.2 Å². The minimum atomic E-state index is -0.000568. The summed E-state index contributed by atoms with van der Waals surface area (Å²) in [5.41, 5.74) is 1.10. The smallest absolute Gasteiger partial charge is 0.0666 e. The summed E-state index contributed by atoms with van der Waals surface area (Å²) < 4.78 is 5.89. The number of ether oxygens (including phenoxy) is 1. The fourth-order valence-corrected chi connectivity index (χ4v) is 3.39. The lowest BCUT2D eigenvalue weighted by Gasteiger charge is -2.39. The number of benzene rings is 1. The van der Waals surface area contributed by atoms with Crippen LogP contribution in [0.25, 0.3) is 0 Å². The topological polar surface area (TPSA) is 21.3 Å². The molecule has 3 unspecified atom stereocenters. The van der Waals surface area contributed by atoms with Gasteiger partial charge in [0, 0.05) is 28.7 Å². The van der Waals surface area contributed by atoms with Gasteiger partial charge < -0.3 is 10.1 Å². The van der Waals surface area contributed by atoms with Gasteiger partial charge in [-0.25, -0.2) is 0 Å².